The molecule has 0 aliphatic rings. The molecular weight excluding hydrogens is 228 g/mol. The number of halogens is 1. The van der Waals surface area contributed by atoms with E-state index < -0.39 is 0 Å². The van der Waals surface area contributed by atoms with Gasteiger partial charge in [-0.15, -0.1) is 0 Å². The van der Waals surface area contributed by atoms with E-state index in [2.05, 4.69) is 20.9 Å². The van der Waals surface area contributed by atoms with Gasteiger partial charge in [0.05, 0.1) is 11.2 Å². The van der Waals surface area contributed by atoms with Gasteiger partial charge in [0.1, 0.15) is 0 Å². The van der Waals surface area contributed by atoms with Gasteiger partial charge in [0.2, 0.25) is 0 Å². The molecule has 1 aromatic heterocycles. The predicted octanol–water partition coefficient (Wildman–Crippen LogP) is 2.46. The Morgan fingerprint density at radius 1 is 1.31 bits per heavy atom. The quantitative estimate of drug-likeness (QED) is 0.827. The van der Waals surface area contributed by atoms with Crippen molar-refractivity contribution in [3.8, 4) is 0 Å². The Balaban J connectivity index is 2.74. The molecule has 1 aromatic carbocycles. The highest BCUT2D eigenvalue weighted by Gasteiger charge is 2.01. The maximum atomic E-state index is 5.55. The maximum absolute atomic E-state index is 5.55. The lowest BCUT2D eigenvalue weighted by molar-refractivity contribution is 0.996. The maximum Gasteiger partial charge on any atom is 0.0706 e. The van der Waals surface area contributed by atoms with E-state index >= 15 is 0 Å². The molecule has 13 heavy (non-hydrogen) atoms. The first-order chi connectivity index (χ1) is 6.31. The van der Waals surface area contributed by atoms with Crippen LogP contribution in [0.5, 0.6) is 0 Å². The summed E-state index contributed by atoms with van der Waals surface area (Å²) in [7, 11) is 0. The summed E-state index contributed by atoms with van der Waals surface area (Å²) in [5.41, 5.74) is 7.44. The van der Waals surface area contributed by atoms with Crippen LogP contribution in [0.1, 0.15) is 5.69 Å². The first-order valence-electron chi connectivity index (χ1n) is 4.05. The van der Waals surface area contributed by atoms with Crippen molar-refractivity contribution in [2.75, 3.05) is 0 Å². The molecule has 0 aliphatic carbocycles. The van der Waals surface area contributed by atoms with Crippen LogP contribution in [-0.4, -0.2) is 4.98 Å². The average molecular weight is 237 g/mol. The van der Waals surface area contributed by atoms with Crippen LogP contribution in [0.25, 0.3) is 10.9 Å². The minimum Gasteiger partial charge on any atom is -0.325 e. The molecular formula is C10H9BrN2. The number of rotatable bonds is 1. The first kappa shape index (κ1) is 8.66. The van der Waals surface area contributed by atoms with Crippen molar-refractivity contribution in [3.63, 3.8) is 0 Å². The van der Waals surface area contributed by atoms with Crippen LogP contribution < -0.4 is 5.73 Å². The summed E-state index contributed by atoms with van der Waals surface area (Å²) < 4.78 is 0.980. The number of aromatic nitrogens is 1. The molecule has 3 heteroatoms. The number of pyridine rings is 1. The topological polar surface area (TPSA) is 38.9 Å². The van der Waals surface area contributed by atoms with Crippen molar-refractivity contribution in [3.05, 3.63) is 40.5 Å². The zero-order valence-electron chi connectivity index (χ0n) is 7.00. The van der Waals surface area contributed by atoms with Crippen LogP contribution in [-0.2, 0) is 6.54 Å². The zero-order valence-corrected chi connectivity index (χ0v) is 8.58. The predicted molar refractivity (Wildman–Crippen MR) is 57.3 cm³/mol. The Kier molecular flexibility index (Phi) is 2.29. The van der Waals surface area contributed by atoms with Crippen LogP contribution in [0.4, 0.5) is 0 Å². The minimum atomic E-state index is 0.464. The van der Waals surface area contributed by atoms with Crippen LogP contribution in [0.2, 0.25) is 0 Å². The van der Waals surface area contributed by atoms with E-state index in [0.717, 1.165) is 21.1 Å². The molecule has 2 rings (SSSR count). The van der Waals surface area contributed by atoms with Gasteiger partial charge in [-0.1, -0.05) is 18.2 Å². The standard InChI is InChI=1S/C10H9BrN2/c11-8-5-7-3-1-2-4-9(7)13-10(8)6-12/h1-5H,6,12H2. The smallest absolute Gasteiger partial charge is 0.0706 e. The number of para-hydroxylation sites is 1. The lowest BCUT2D eigenvalue weighted by atomic mass is 10.2. The van der Waals surface area contributed by atoms with Crippen LogP contribution >= 0.6 is 15.9 Å². The van der Waals surface area contributed by atoms with Gasteiger partial charge < -0.3 is 5.73 Å². The Morgan fingerprint density at radius 2 is 2.08 bits per heavy atom. The van der Waals surface area contributed by atoms with Gasteiger partial charge in [0.15, 0.2) is 0 Å². The van der Waals surface area contributed by atoms with Crippen molar-refractivity contribution < 1.29 is 0 Å². The molecule has 0 fully saturated rings. The Labute approximate surface area is 84.9 Å². The Bertz CT molecular complexity index is 440. The number of hydrogen-bond acceptors (Lipinski definition) is 2. The van der Waals surface area contributed by atoms with Crippen molar-refractivity contribution >= 4 is 26.8 Å². The van der Waals surface area contributed by atoms with Crippen LogP contribution in [0.15, 0.2) is 34.8 Å². The van der Waals surface area contributed by atoms with E-state index in [9.17, 15) is 0 Å². The van der Waals surface area contributed by atoms with Gasteiger partial charge in [-0.2, -0.15) is 0 Å². The summed E-state index contributed by atoms with van der Waals surface area (Å²) in [5, 5.41) is 1.13. The summed E-state index contributed by atoms with van der Waals surface area (Å²) >= 11 is 3.44. The van der Waals surface area contributed by atoms with E-state index in [4.69, 9.17) is 5.73 Å². The monoisotopic (exact) mass is 236 g/mol. The molecule has 0 aliphatic heterocycles. The molecule has 66 valence electrons. The van der Waals surface area contributed by atoms with E-state index in [1.807, 2.05) is 30.3 Å². The molecule has 2 N–H and O–H groups in total. The number of benzene rings is 1. The van der Waals surface area contributed by atoms with Gasteiger partial charge in [-0.3, -0.25) is 4.98 Å². The fourth-order valence-corrected chi connectivity index (χ4v) is 1.77. The molecule has 0 unspecified atom stereocenters. The summed E-state index contributed by atoms with van der Waals surface area (Å²) in [6.07, 6.45) is 0. The normalized spacial score (nSPS) is 10.6. The zero-order chi connectivity index (χ0) is 9.26. The van der Waals surface area contributed by atoms with Crippen molar-refractivity contribution in [1.82, 2.24) is 4.98 Å². The Morgan fingerprint density at radius 3 is 2.85 bits per heavy atom. The third-order valence-corrected chi connectivity index (χ3v) is 2.63. The molecule has 2 aromatic rings. The summed E-state index contributed by atoms with van der Waals surface area (Å²) in [6.45, 7) is 0.464. The number of fused-ring (bicyclic) bond motifs is 1. The largest absolute Gasteiger partial charge is 0.325 e. The van der Waals surface area contributed by atoms with E-state index in [-0.39, 0.29) is 0 Å². The minimum absolute atomic E-state index is 0.464. The molecule has 0 amide bonds. The fraction of sp³-hybridized carbons (Fsp3) is 0.100. The second-order valence-electron chi connectivity index (χ2n) is 2.81. The van der Waals surface area contributed by atoms with Crippen molar-refractivity contribution in [2.24, 2.45) is 5.73 Å². The molecule has 0 radical (unpaired) electrons. The van der Waals surface area contributed by atoms with Crippen LogP contribution in [0, 0.1) is 0 Å². The third-order valence-electron chi connectivity index (χ3n) is 1.94. The molecule has 0 saturated heterocycles. The highest BCUT2D eigenvalue weighted by atomic mass is 79.9. The SMILES string of the molecule is NCc1nc2ccccc2cc1Br. The van der Waals surface area contributed by atoms with E-state index in [1.54, 1.807) is 0 Å². The van der Waals surface area contributed by atoms with Crippen molar-refractivity contribution in [1.29, 1.82) is 0 Å². The van der Waals surface area contributed by atoms with Gasteiger partial charge >= 0.3 is 0 Å². The number of nitrogens with zero attached hydrogens (tertiary/aromatic N) is 1. The van der Waals surface area contributed by atoms with Crippen molar-refractivity contribution in [2.45, 2.75) is 6.54 Å². The Hall–Kier alpha value is -0.930. The molecule has 1 heterocycles. The van der Waals surface area contributed by atoms with E-state index in [1.165, 1.54) is 0 Å². The molecule has 0 bridgehead atoms. The third kappa shape index (κ3) is 1.57. The van der Waals surface area contributed by atoms with Gasteiger partial charge in [-0.25, -0.2) is 0 Å². The van der Waals surface area contributed by atoms with Gasteiger partial charge in [0, 0.05) is 16.4 Å². The van der Waals surface area contributed by atoms with Gasteiger partial charge in [0.25, 0.3) is 0 Å². The molecule has 0 saturated carbocycles. The molecule has 2 nitrogen and oxygen atoms in total. The lowest BCUT2D eigenvalue weighted by Crippen LogP contribution is -2.00. The average Bonchev–Trinajstić information content (AvgIpc) is 2.17. The molecule has 0 spiro atoms. The van der Waals surface area contributed by atoms with Crippen LogP contribution in [0.3, 0.4) is 0 Å². The summed E-state index contributed by atoms with van der Waals surface area (Å²) in [4.78, 5) is 4.42. The highest BCUT2D eigenvalue weighted by molar-refractivity contribution is 9.10. The summed E-state index contributed by atoms with van der Waals surface area (Å²) in [5.74, 6) is 0. The second kappa shape index (κ2) is 3.44. The summed E-state index contributed by atoms with van der Waals surface area (Å²) in [6, 6.07) is 10.0. The lowest BCUT2D eigenvalue weighted by Gasteiger charge is -2.02. The van der Waals surface area contributed by atoms with Gasteiger partial charge in [-0.05, 0) is 28.1 Å². The first-order valence-corrected chi connectivity index (χ1v) is 4.85. The van der Waals surface area contributed by atoms with E-state index in [0.29, 0.717) is 6.54 Å². The number of nitrogens with two attached hydrogens (primary N) is 1. The molecule has 0 atom stereocenters. The highest BCUT2D eigenvalue weighted by Crippen LogP contribution is 2.20. The second-order valence-corrected chi connectivity index (χ2v) is 3.67. The fourth-order valence-electron chi connectivity index (χ4n) is 1.27. The number of hydrogen-bond donors (Lipinski definition) is 1.